The van der Waals surface area contributed by atoms with Crippen LogP contribution >= 0.6 is 0 Å². The summed E-state index contributed by atoms with van der Waals surface area (Å²) >= 11 is 0. The number of hydrogen-bond acceptors (Lipinski definition) is 5. The molecule has 1 atom stereocenters. The van der Waals surface area contributed by atoms with Crippen molar-refractivity contribution >= 4 is 18.2 Å². The minimum atomic E-state index is -1.16. The molecule has 0 aliphatic heterocycles. The SMILES string of the molecule is CC(C)(C)OC(=O)NCCOC(=O)NC(Cc1ccccc1)C(=O)O. The summed E-state index contributed by atoms with van der Waals surface area (Å²) in [4.78, 5) is 34.3. The van der Waals surface area contributed by atoms with Gasteiger partial charge in [0, 0.05) is 6.42 Å². The summed E-state index contributed by atoms with van der Waals surface area (Å²) in [6.07, 6.45) is -1.35. The molecule has 1 unspecified atom stereocenters. The van der Waals surface area contributed by atoms with E-state index in [4.69, 9.17) is 9.47 Å². The molecule has 3 N–H and O–H groups in total. The van der Waals surface area contributed by atoms with Gasteiger partial charge in [-0.15, -0.1) is 0 Å². The van der Waals surface area contributed by atoms with E-state index in [1.165, 1.54) is 0 Å². The van der Waals surface area contributed by atoms with E-state index in [0.29, 0.717) is 0 Å². The Labute approximate surface area is 146 Å². The van der Waals surface area contributed by atoms with Crippen LogP contribution in [0, 0.1) is 0 Å². The van der Waals surface area contributed by atoms with E-state index in [2.05, 4.69) is 10.6 Å². The second-order valence-electron chi connectivity index (χ2n) is 6.29. The number of hydrogen-bond donors (Lipinski definition) is 3. The average Bonchev–Trinajstić information content (AvgIpc) is 2.50. The van der Waals surface area contributed by atoms with E-state index in [1.54, 1.807) is 45.0 Å². The quantitative estimate of drug-likeness (QED) is 0.646. The molecule has 0 spiro atoms. The van der Waals surface area contributed by atoms with E-state index in [9.17, 15) is 19.5 Å². The van der Waals surface area contributed by atoms with Gasteiger partial charge in [-0.05, 0) is 26.3 Å². The van der Waals surface area contributed by atoms with Crippen LogP contribution in [-0.2, 0) is 20.7 Å². The number of carboxylic acid groups (broad SMARTS) is 1. The molecule has 2 amide bonds. The van der Waals surface area contributed by atoms with E-state index in [1.807, 2.05) is 6.07 Å². The van der Waals surface area contributed by atoms with Gasteiger partial charge in [-0.25, -0.2) is 14.4 Å². The Morgan fingerprint density at radius 1 is 1.12 bits per heavy atom. The fraction of sp³-hybridized carbons (Fsp3) is 0.471. The number of rotatable bonds is 7. The van der Waals surface area contributed by atoms with Gasteiger partial charge in [0.25, 0.3) is 0 Å². The molecule has 0 heterocycles. The summed E-state index contributed by atoms with van der Waals surface area (Å²) in [6.45, 7) is 5.14. The van der Waals surface area contributed by atoms with Gasteiger partial charge in [0.05, 0.1) is 6.54 Å². The van der Waals surface area contributed by atoms with Crippen molar-refractivity contribution in [3.8, 4) is 0 Å². The minimum Gasteiger partial charge on any atom is -0.480 e. The fourth-order valence-electron chi connectivity index (χ4n) is 1.84. The van der Waals surface area contributed by atoms with Gasteiger partial charge in [0.15, 0.2) is 0 Å². The third-order valence-electron chi connectivity index (χ3n) is 2.88. The largest absolute Gasteiger partial charge is 0.480 e. The standard InChI is InChI=1S/C17H24N2O6/c1-17(2,3)25-15(22)18-9-10-24-16(23)19-13(14(20)21)11-12-7-5-4-6-8-12/h4-8,13H,9-11H2,1-3H3,(H,18,22)(H,19,23)(H,20,21). The first-order valence-corrected chi connectivity index (χ1v) is 7.84. The van der Waals surface area contributed by atoms with Crippen molar-refractivity contribution in [3.05, 3.63) is 35.9 Å². The summed E-state index contributed by atoms with van der Waals surface area (Å²) < 4.78 is 9.88. The lowest BCUT2D eigenvalue weighted by molar-refractivity contribution is -0.139. The van der Waals surface area contributed by atoms with Crippen LogP contribution in [0.3, 0.4) is 0 Å². The van der Waals surface area contributed by atoms with Crippen molar-refractivity contribution in [1.29, 1.82) is 0 Å². The zero-order valence-corrected chi connectivity index (χ0v) is 14.6. The smallest absolute Gasteiger partial charge is 0.407 e. The maximum atomic E-state index is 11.7. The molecule has 0 aromatic heterocycles. The first-order chi connectivity index (χ1) is 11.7. The van der Waals surface area contributed by atoms with Crippen molar-refractivity contribution in [2.24, 2.45) is 0 Å². The Morgan fingerprint density at radius 2 is 1.76 bits per heavy atom. The Bertz CT molecular complexity index is 583. The molecule has 1 aromatic carbocycles. The highest BCUT2D eigenvalue weighted by atomic mass is 16.6. The van der Waals surface area contributed by atoms with Gasteiger partial charge < -0.3 is 25.2 Å². The molecule has 0 aliphatic rings. The van der Waals surface area contributed by atoms with Crippen molar-refractivity contribution < 1.29 is 29.0 Å². The highest BCUT2D eigenvalue weighted by molar-refractivity contribution is 5.80. The summed E-state index contributed by atoms with van der Waals surface area (Å²) in [5.74, 6) is -1.16. The lowest BCUT2D eigenvalue weighted by Gasteiger charge is -2.19. The summed E-state index contributed by atoms with van der Waals surface area (Å²) in [7, 11) is 0. The maximum absolute atomic E-state index is 11.7. The zero-order chi connectivity index (χ0) is 18.9. The van der Waals surface area contributed by atoms with Crippen LogP contribution in [0.2, 0.25) is 0 Å². The molecule has 0 saturated heterocycles. The lowest BCUT2D eigenvalue weighted by atomic mass is 10.1. The Morgan fingerprint density at radius 3 is 2.32 bits per heavy atom. The van der Waals surface area contributed by atoms with Crippen LogP contribution < -0.4 is 10.6 Å². The third kappa shape index (κ3) is 9.19. The Hall–Kier alpha value is -2.77. The zero-order valence-electron chi connectivity index (χ0n) is 14.6. The summed E-state index contributed by atoms with van der Waals surface area (Å²) in [5, 5.41) is 13.9. The van der Waals surface area contributed by atoms with Crippen molar-refractivity contribution in [2.45, 2.75) is 38.8 Å². The van der Waals surface area contributed by atoms with Gasteiger partial charge in [-0.3, -0.25) is 0 Å². The van der Waals surface area contributed by atoms with Crippen LogP contribution in [0.1, 0.15) is 26.3 Å². The number of carbonyl (C=O) groups is 3. The Balaban J connectivity index is 2.33. The topological polar surface area (TPSA) is 114 Å². The fourth-order valence-corrected chi connectivity index (χ4v) is 1.84. The van der Waals surface area contributed by atoms with Crippen molar-refractivity contribution in [2.75, 3.05) is 13.2 Å². The molecule has 0 aliphatic carbocycles. The normalized spacial score (nSPS) is 12.0. The minimum absolute atomic E-state index is 0.0543. The van der Waals surface area contributed by atoms with Crippen LogP contribution in [0.15, 0.2) is 30.3 Å². The molecule has 1 aromatic rings. The highest BCUT2D eigenvalue weighted by Crippen LogP contribution is 2.06. The number of alkyl carbamates (subject to hydrolysis) is 2. The van der Waals surface area contributed by atoms with Crippen molar-refractivity contribution in [1.82, 2.24) is 10.6 Å². The molecule has 0 radical (unpaired) electrons. The van der Waals surface area contributed by atoms with Gasteiger partial charge in [0.2, 0.25) is 0 Å². The summed E-state index contributed by atoms with van der Waals surface area (Å²) in [6, 6.07) is 7.83. The van der Waals surface area contributed by atoms with Crippen LogP contribution in [0.5, 0.6) is 0 Å². The Kier molecular flexibility index (Phi) is 7.71. The number of nitrogens with one attached hydrogen (secondary N) is 2. The molecule has 8 heteroatoms. The van der Waals surface area contributed by atoms with Crippen molar-refractivity contribution in [3.63, 3.8) is 0 Å². The van der Waals surface area contributed by atoms with Gasteiger partial charge in [-0.1, -0.05) is 30.3 Å². The molecule has 25 heavy (non-hydrogen) atoms. The molecule has 1 rings (SSSR count). The predicted molar refractivity (Wildman–Crippen MR) is 90.3 cm³/mol. The number of amides is 2. The second-order valence-corrected chi connectivity index (χ2v) is 6.29. The first kappa shape index (κ1) is 20.3. The molecule has 8 nitrogen and oxygen atoms in total. The van der Waals surface area contributed by atoms with Crippen LogP contribution in [0.25, 0.3) is 0 Å². The first-order valence-electron chi connectivity index (χ1n) is 7.84. The van der Waals surface area contributed by atoms with Gasteiger partial charge >= 0.3 is 18.2 Å². The molecule has 138 valence electrons. The van der Waals surface area contributed by atoms with Crippen LogP contribution in [-0.4, -0.2) is 48.1 Å². The predicted octanol–water partition coefficient (Wildman–Crippen LogP) is 1.93. The van der Waals surface area contributed by atoms with Gasteiger partial charge in [0.1, 0.15) is 18.2 Å². The molecule has 0 fully saturated rings. The number of carboxylic acids is 1. The molecular formula is C17H24N2O6. The maximum Gasteiger partial charge on any atom is 0.407 e. The highest BCUT2D eigenvalue weighted by Gasteiger charge is 2.21. The molecule has 0 saturated carbocycles. The van der Waals surface area contributed by atoms with Gasteiger partial charge in [-0.2, -0.15) is 0 Å². The number of carbonyl (C=O) groups excluding carboxylic acids is 2. The molecular weight excluding hydrogens is 328 g/mol. The van der Waals surface area contributed by atoms with E-state index in [0.717, 1.165) is 5.56 Å². The van der Waals surface area contributed by atoms with Crippen LogP contribution in [0.4, 0.5) is 9.59 Å². The molecule has 0 bridgehead atoms. The third-order valence-corrected chi connectivity index (χ3v) is 2.88. The van der Waals surface area contributed by atoms with E-state index in [-0.39, 0.29) is 19.6 Å². The number of benzene rings is 1. The monoisotopic (exact) mass is 352 g/mol. The number of ether oxygens (including phenoxy) is 2. The second kappa shape index (κ2) is 9.51. The van der Waals surface area contributed by atoms with E-state index < -0.39 is 29.8 Å². The lowest BCUT2D eigenvalue weighted by Crippen LogP contribution is -2.43. The average molecular weight is 352 g/mol. The number of aliphatic carboxylic acids is 1. The van der Waals surface area contributed by atoms with E-state index >= 15 is 0 Å². The summed E-state index contributed by atoms with van der Waals surface area (Å²) in [5.41, 5.74) is 0.163.